The Hall–Kier alpha value is -3.31. The molecule has 0 bridgehead atoms. The van der Waals surface area contributed by atoms with Gasteiger partial charge in [0, 0.05) is 44.4 Å². The highest BCUT2D eigenvalue weighted by molar-refractivity contribution is 6.32. The molecule has 1 aliphatic heterocycles. The molecule has 0 saturated carbocycles. The molecule has 5 rings (SSSR count). The van der Waals surface area contributed by atoms with E-state index in [0.29, 0.717) is 28.7 Å². The fraction of sp³-hybridized carbons (Fsp3) is 0.385. The molecule has 3 atom stereocenters. The summed E-state index contributed by atoms with van der Waals surface area (Å²) in [7, 11) is 3.79. The number of benzene rings is 1. The van der Waals surface area contributed by atoms with Crippen molar-refractivity contribution in [2.75, 3.05) is 20.7 Å². The first-order chi connectivity index (χ1) is 17.7. The molecule has 0 spiro atoms. The van der Waals surface area contributed by atoms with Crippen LogP contribution in [0.2, 0.25) is 5.02 Å². The van der Waals surface area contributed by atoms with Crippen LogP contribution in [0, 0.1) is 0 Å². The second kappa shape index (κ2) is 10.2. The van der Waals surface area contributed by atoms with Crippen molar-refractivity contribution in [2.45, 2.75) is 44.5 Å². The number of aliphatic hydroxyl groups is 1. The number of rotatable bonds is 8. The Kier molecular flexibility index (Phi) is 7.00. The molecule has 0 amide bonds. The lowest BCUT2D eigenvalue weighted by atomic mass is 10.1. The van der Waals surface area contributed by atoms with Crippen molar-refractivity contribution in [1.29, 1.82) is 0 Å². The van der Waals surface area contributed by atoms with Crippen molar-refractivity contribution in [1.82, 2.24) is 24.4 Å². The predicted molar refractivity (Wildman–Crippen MR) is 141 cm³/mol. The smallest absolute Gasteiger partial charge is 0.166 e. The lowest BCUT2D eigenvalue weighted by Gasteiger charge is -2.26. The van der Waals surface area contributed by atoms with Gasteiger partial charge >= 0.3 is 0 Å². The van der Waals surface area contributed by atoms with Gasteiger partial charge in [0.2, 0.25) is 0 Å². The van der Waals surface area contributed by atoms with Crippen LogP contribution in [0.5, 0.6) is 5.75 Å². The van der Waals surface area contributed by atoms with Crippen LogP contribution in [0.3, 0.4) is 0 Å². The summed E-state index contributed by atoms with van der Waals surface area (Å²) in [6.07, 6.45) is 5.97. The number of hydrogen-bond donors (Lipinski definition) is 1. The number of hydrogen-bond acceptors (Lipinski definition) is 8. The Balaban J connectivity index is 1.39. The van der Waals surface area contributed by atoms with Crippen molar-refractivity contribution in [2.24, 2.45) is 4.99 Å². The number of nitrogens with zero attached hydrogens (tertiary/aromatic N) is 6. The van der Waals surface area contributed by atoms with E-state index in [9.17, 15) is 5.11 Å². The molecule has 1 aliphatic rings. The van der Waals surface area contributed by atoms with E-state index in [1.165, 1.54) is 6.33 Å². The molecule has 3 unspecified atom stereocenters. The van der Waals surface area contributed by atoms with Crippen molar-refractivity contribution in [3.05, 3.63) is 54.1 Å². The fourth-order valence-electron chi connectivity index (χ4n) is 4.33. The number of ether oxygens (including phenoxy) is 3. The van der Waals surface area contributed by atoms with E-state index in [1.807, 2.05) is 60.1 Å². The third kappa shape index (κ3) is 5.67. The third-order valence-corrected chi connectivity index (χ3v) is 6.18. The van der Waals surface area contributed by atoms with Crippen LogP contribution in [0.25, 0.3) is 21.9 Å². The van der Waals surface area contributed by atoms with E-state index in [2.05, 4.69) is 19.9 Å². The maximum absolute atomic E-state index is 10.4. The Bertz CT molecular complexity index is 1430. The molecular formula is C26H29ClN6O4. The molecular weight excluding hydrogens is 496 g/mol. The van der Waals surface area contributed by atoms with Gasteiger partial charge in [-0.3, -0.25) is 4.98 Å². The highest BCUT2D eigenvalue weighted by atomic mass is 35.5. The SMILES string of the molecule is CN(C)C=Nc1ncnc2c1ccn2C1CC(OC(C)(C)O)C(COc2cc3ncccc3cc2Cl)O1. The van der Waals surface area contributed by atoms with Gasteiger partial charge < -0.3 is 28.8 Å². The molecule has 194 valence electrons. The minimum Gasteiger partial charge on any atom is -0.489 e. The Labute approximate surface area is 219 Å². The highest BCUT2D eigenvalue weighted by Gasteiger charge is 2.40. The normalized spacial score (nSPS) is 20.3. The quantitative estimate of drug-likeness (QED) is 0.206. The van der Waals surface area contributed by atoms with Gasteiger partial charge in [-0.1, -0.05) is 17.7 Å². The number of fused-ring (bicyclic) bond motifs is 2. The van der Waals surface area contributed by atoms with Gasteiger partial charge in [0.15, 0.2) is 11.6 Å². The summed E-state index contributed by atoms with van der Waals surface area (Å²) in [5.41, 5.74) is 1.47. The summed E-state index contributed by atoms with van der Waals surface area (Å²) in [5.74, 6) is -0.274. The highest BCUT2D eigenvalue weighted by Crippen LogP contribution is 2.37. The van der Waals surface area contributed by atoms with Gasteiger partial charge in [-0.15, -0.1) is 0 Å². The van der Waals surface area contributed by atoms with Crippen LogP contribution in [0.15, 0.2) is 54.0 Å². The molecule has 10 nitrogen and oxygen atoms in total. The van der Waals surface area contributed by atoms with Crippen LogP contribution in [0.4, 0.5) is 5.82 Å². The Morgan fingerprint density at radius 2 is 2.11 bits per heavy atom. The van der Waals surface area contributed by atoms with Gasteiger partial charge in [0.05, 0.1) is 28.4 Å². The summed E-state index contributed by atoms with van der Waals surface area (Å²) in [5, 5.41) is 12.6. The summed E-state index contributed by atoms with van der Waals surface area (Å²) >= 11 is 6.47. The maximum atomic E-state index is 10.4. The summed E-state index contributed by atoms with van der Waals surface area (Å²) in [4.78, 5) is 19.4. The standard InChI is InChI=1S/C26H29ClN6O4/c1-26(2,34)37-21-12-23(33-9-7-17-24(31-15-32(3)4)29-14-30-25(17)33)36-22(21)13-35-20-11-19-16(10-18(20)27)6-5-8-28-19/h5-11,14-15,21-23,34H,12-13H2,1-4H3. The molecule has 1 N–H and O–H groups in total. The Morgan fingerprint density at radius 3 is 2.89 bits per heavy atom. The number of pyridine rings is 1. The van der Waals surface area contributed by atoms with E-state index < -0.39 is 24.2 Å². The maximum Gasteiger partial charge on any atom is 0.166 e. The van der Waals surface area contributed by atoms with Gasteiger partial charge in [-0.05, 0) is 32.0 Å². The van der Waals surface area contributed by atoms with Crippen LogP contribution in [-0.2, 0) is 9.47 Å². The molecule has 1 saturated heterocycles. The van der Waals surface area contributed by atoms with E-state index in [-0.39, 0.29) is 6.61 Å². The van der Waals surface area contributed by atoms with Crippen LogP contribution < -0.4 is 4.74 Å². The molecule has 37 heavy (non-hydrogen) atoms. The van der Waals surface area contributed by atoms with Crippen molar-refractivity contribution in [3.8, 4) is 5.75 Å². The Morgan fingerprint density at radius 1 is 1.27 bits per heavy atom. The number of aromatic nitrogens is 4. The summed E-state index contributed by atoms with van der Waals surface area (Å²) in [6, 6.07) is 9.35. The topological polar surface area (TPSA) is 107 Å². The fourth-order valence-corrected chi connectivity index (χ4v) is 4.56. The molecule has 4 heterocycles. The van der Waals surface area contributed by atoms with E-state index in [4.69, 9.17) is 25.8 Å². The average molecular weight is 525 g/mol. The molecule has 11 heteroatoms. The third-order valence-electron chi connectivity index (χ3n) is 5.89. The summed E-state index contributed by atoms with van der Waals surface area (Å²) < 4.78 is 20.4. The van der Waals surface area contributed by atoms with Gasteiger partial charge in [0.1, 0.15) is 36.7 Å². The zero-order valence-electron chi connectivity index (χ0n) is 21.1. The molecule has 3 aromatic heterocycles. The lowest BCUT2D eigenvalue weighted by Crippen LogP contribution is -2.37. The van der Waals surface area contributed by atoms with Gasteiger partial charge in [-0.25, -0.2) is 15.0 Å². The summed E-state index contributed by atoms with van der Waals surface area (Å²) in [6.45, 7) is 3.36. The minimum absolute atomic E-state index is 0.169. The molecule has 1 fully saturated rings. The first-order valence-corrected chi connectivity index (χ1v) is 12.3. The second-order valence-electron chi connectivity index (χ2n) is 9.62. The average Bonchev–Trinajstić information content (AvgIpc) is 3.44. The van der Waals surface area contributed by atoms with Crippen LogP contribution in [-0.4, -0.2) is 74.6 Å². The second-order valence-corrected chi connectivity index (χ2v) is 10.0. The number of aliphatic imine (C=N–C) groups is 1. The molecule has 0 aliphatic carbocycles. The van der Waals surface area contributed by atoms with Crippen LogP contribution in [0.1, 0.15) is 26.5 Å². The lowest BCUT2D eigenvalue weighted by molar-refractivity contribution is -0.216. The number of halogens is 1. The molecule has 0 radical (unpaired) electrons. The van der Waals surface area contributed by atoms with E-state index in [1.54, 1.807) is 26.4 Å². The van der Waals surface area contributed by atoms with E-state index >= 15 is 0 Å². The minimum atomic E-state index is -1.35. The van der Waals surface area contributed by atoms with Crippen molar-refractivity contribution in [3.63, 3.8) is 0 Å². The zero-order chi connectivity index (χ0) is 26.2. The van der Waals surface area contributed by atoms with Crippen molar-refractivity contribution >= 4 is 45.7 Å². The first-order valence-electron chi connectivity index (χ1n) is 11.9. The van der Waals surface area contributed by atoms with Crippen molar-refractivity contribution < 1.29 is 19.3 Å². The van der Waals surface area contributed by atoms with E-state index in [0.717, 1.165) is 16.3 Å². The van der Waals surface area contributed by atoms with Gasteiger partial charge in [0.25, 0.3) is 0 Å². The molecule has 4 aromatic rings. The largest absolute Gasteiger partial charge is 0.489 e. The van der Waals surface area contributed by atoms with Gasteiger partial charge in [-0.2, -0.15) is 0 Å². The predicted octanol–water partition coefficient (Wildman–Crippen LogP) is 4.33. The van der Waals surface area contributed by atoms with Crippen LogP contribution >= 0.6 is 11.6 Å². The first kappa shape index (κ1) is 25.3. The monoisotopic (exact) mass is 524 g/mol. The molecule has 1 aromatic carbocycles. The zero-order valence-corrected chi connectivity index (χ0v) is 21.8.